The van der Waals surface area contributed by atoms with E-state index in [1.807, 2.05) is 0 Å². The van der Waals surface area contributed by atoms with E-state index in [-0.39, 0.29) is 18.0 Å². The smallest absolute Gasteiger partial charge is 0.416 e. The summed E-state index contributed by atoms with van der Waals surface area (Å²) in [6.45, 7) is 1.80. The molecule has 0 amide bonds. The molecule has 0 spiro atoms. The minimum absolute atomic E-state index is 0.0644. The number of hydrogen-bond donors (Lipinski definition) is 2. The van der Waals surface area contributed by atoms with Gasteiger partial charge in [-0.2, -0.15) is 13.2 Å². The van der Waals surface area contributed by atoms with Crippen LogP contribution in [0.25, 0.3) is 0 Å². The van der Waals surface area contributed by atoms with Crippen molar-refractivity contribution >= 4 is 5.69 Å². The Morgan fingerprint density at radius 1 is 1.41 bits per heavy atom. The van der Waals surface area contributed by atoms with Gasteiger partial charge in [-0.15, -0.1) is 0 Å². The molecule has 0 aliphatic heterocycles. The number of hydrogen-bond acceptors (Lipinski definition) is 3. The summed E-state index contributed by atoms with van der Waals surface area (Å²) in [6.07, 6.45) is -4.54. The van der Waals surface area contributed by atoms with E-state index in [1.165, 1.54) is 6.07 Å². The van der Waals surface area contributed by atoms with Crippen molar-refractivity contribution in [2.24, 2.45) is 0 Å². The monoisotopic (exact) mass is 249 g/mol. The third-order valence-electron chi connectivity index (χ3n) is 2.13. The molecule has 0 aliphatic rings. The molecule has 17 heavy (non-hydrogen) atoms. The quantitative estimate of drug-likeness (QED) is 0.806. The van der Waals surface area contributed by atoms with Crippen LogP contribution in [0.5, 0.6) is 5.75 Å². The zero-order valence-electron chi connectivity index (χ0n) is 9.29. The molecule has 1 atom stereocenters. The molecule has 1 aromatic carbocycles. The average molecular weight is 249 g/mol. The first-order valence-corrected chi connectivity index (χ1v) is 5.08. The summed E-state index contributed by atoms with van der Waals surface area (Å²) in [4.78, 5) is 0. The molecule has 0 aromatic heterocycles. The van der Waals surface area contributed by atoms with Crippen molar-refractivity contribution in [2.45, 2.75) is 25.6 Å². The molecule has 1 unspecified atom stereocenters. The normalized spacial score (nSPS) is 13.5. The maximum Gasteiger partial charge on any atom is 0.416 e. The van der Waals surface area contributed by atoms with E-state index in [0.29, 0.717) is 6.42 Å². The van der Waals surface area contributed by atoms with Crippen LogP contribution < -0.4 is 10.5 Å². The molecule has 0 radical (unpaired) electrons. The Hall–Kier alpha value is -1.43. The Kier molecular flexibility index (Phi) is 4.22. The van der Waals surface area contributed by atoms with Gasteiger partial charge in [0.1, 0.15) is 5.75 Å². The highest BCUT2D eigenvalue weighted by atomic mass is 19.4. The summed E-state index contributed by atoms with van der Waals surface area (Å²) in [5.41, 5.74) is 4.58. The minimum atomic E-state index is -4.41. The highest BCUT2D eigenvalue weighted by Gasteiger charge is 2.30. The zero-order valence-corrected chi connectivity index (χ0v) is 9.29. The van der Waals surface area contributed by atoms with E-state index < -0.39 is 17.8 Å². The van der Waals surface area contributed by atoms with Gasteiger partial charge in [-0.3, -0.25) is 0 Å². The van der Waals surface area contributed by atoms with E-state index >= 15 is 0 Å². The van der Waals surface area contributed by atoms with Crippen LogP contribution in [0, 0.1) is 0 Å². The minimum Gasteiger partial charge on any atom is -0.491 e. The molecule has 0 aliphatic carbocycles. The Morgan fingerprint density at radius 2 is 2.06 bits per heavy atom. The molecule has 3 nitrogen and oxygen atoms in total. The van der Waals surface area contributed by atoms with Crippen molar-refractivity contribution in [2.75, 3.05) is 12.3 Å². The molecular weight excluding hydrogens is 235 g/mol. The Morgan fingerprint density at radius 3 is 2.53 bits per heavy atom. The summed E-state index contributed by atoms with van der Waals surface area (Å²) in [5.74, 6) is 0.193. The van der Waals surface area contributed by atoms with Crippen LogP contribution in [-0.2, 0) is 6.18 Å². The van der Waals surface area contributed by atoms with Crippen LogP contribution in [0.1, 0.15) is 18.9 Å². The van der Waals surface area contributed by atoms with Gasteiger partial charge < -0.3 is 15.6 Å². The van der Waals surface area contributed by atoms with Crippen LogP contribution in [0.3, 0.4) is 0 Å². The van der Waals surface area contributed by atoms with Gasteiger partial charge in [0, 0.05) is 6.42 Å². The van der Waals surface area contributed by atoms with Gasteiger partial charge in [0.25, 0.3) is 0 Å². The number of ether oxygens (including phenoxy) is 1. The number of nitrogens with two attached hydrogens (primary N) is 1. The summed E-state index contributed by atoms with van der Waals surface area (Å²) >= 11 is 0. The standard InChI is InChI=1S/C11H14F3NO2/c1-7(16)4-5-17-10-3-2-8(6-9(10)15)11(12,13)14/h2-3,6-7,16H,4-5,15H2,1H3. The number of alkyl halides is 3. The molecule has 0 saturated heterocycles. The fourth-order valence-corrected chi connectivity index (χ4v) is 1.20. The predicted octanol–water partition coefficient (Wildman–Crippen LogP) is 2.44. The van der Waals surface area contributed by atoms with Crippen molar-refractivity contribution in [3.63, 3.8) is 0 Å². The lowest BCUT2D eigenvalue weighted by Crippen LogP contribution is -2.10. The number of nitrogen functional groups attached to an aromatic ring is 1. The Labute approximate surface area is 97.0 Å². The number of halogens is 3. The second-order valence-corrected chi connectivity index (χ2v) is 3.74. The number of benzene rings is 1. The molecule has 0 fully saturated rings. The molecule has 0 bridgehead atoms. The maximum atomic E-state index is 12.3. The van der Waals surface area contributed by atoms with Crippen molar-refractivity contribution in [1.82, 2.24) is 0 Å². The van der Waals surface area contributed by atoms with Crippen LogP contribution in [0.15, 0.2) is 18.2 Å². The molecule has 0 saturated carbocycles. The lowest BCUT2D eigenvalue weighted by molar-refractivity contribution is -0.137. The second-order valence-electron chi connectivity index (χ2n) is 3.74. The summed E-state index contributed by atoms with van der Waals surface area (Å²) in [7, 11) is 0. The van der Waals surface area contributed by atoms with Crippen LogP contribution >= 0.6 is 0 Å². The highest BCUT2D eigenvalue weighted by Crippen LogP contribution is 2.33. The fourth-order valence-electron chi connectivity index (χ4n) is 1.20. The number of rotatable bonds is 4. The fraction of sp³-hybridized carbons (Fsp3) is 0.455. The lowest BCUT2D eigenvalue weighted by Gasteiger charge is -2.12. The molecule has 3 N–H and O–H groups in total. The predicted molar refractivity (Wildman–Crippen MR) is 57.6 cm³/mol. The van der Waals surface area contributed by atoms with Gasteiger partial charge in [0.05, 0.1) is 24.0 Å². The van der Waals surface area contributed by atoms with Crippen LogP contribution in [0.2, 0.25) is 0 Å². The highest BCUT2D eigenvalue weighted by molar-refractivity contribution is 5.54. The first-order chi connectivity index (χ1) is 7.80. The molecule has 6 heteroatoms. The van der Waals surface area contributed by atoms with E-state index in [9.17, 15) is 13.2 Å². The Balaban J connectivity index is 2.70. The van der Waals surface area contributed by atoms with Crippen LogP contribution in [0.4, 0.5) is 18.9 Å². The average Bonchev–Trinajstić information content (AvgIpc) is 2.18. The van der Waals surface area contributed by atoms with Gasteiger partial charge in [0.2, 0.25) is 0 Å². The van der Waals surface area contributed by atoms with Gasteiger partial charge in [-0.25, -0.2) is 0 Å². The van der Waals surface area contributed by atoms with E-state index in [0.717, 1.165) is 12.1 Å². The second kappa shape index (κ2) is 5.27. The largest absolute Gasteiger partial charge is 0.491 e. The molecular formula is C11H14F3NO2. The molecule has 0 heterocycles. The number of aliphatic hydroxyl groups is 1. The van der Waals surface area contributed by atoms with Crippen molar-refractivity contribution in [1.29, 1.82) is 0 Å². The molecule has 96 valence electrons. The maximum absolute atomic E-state index is 12.3. The molecule has 1 rings (SSSR count). The van der Waals surface area contributed by atoms with E-state index in [2.05, 4.69) is 0 Å². The first-order valence-electron chi connectivity index (χ1n) is 5.08. The topological polar surface area (TPSA) is 55.5 Å². The van der Waals surface area contributed by atoms with Gasteiger partial charge in [0.15, 0.2) is 0 Å². The van der Waals surface area contributed by atoms with Gasteiger partial charge in [-0.1, -0.05) is 0 Å². The number of anilines is 1. The van der Waals surface area contributed by atoms with Crippen molar-refractivity contribution in [3.8, 4) is 5.75 Å². The Bertz CT molecular complexity index is 377. The van der Waals surface area contributed by atoms with Gasteiger partial charge in [-0.05, 0) is 25.1 Å². The zero-order chi connectivity index (χ0) is 13.1. The van der Waals surface area contributed by atoms with Gasteiger partial charge >= 0.3 is 6.18 Å². The summed E-state index contributed by atoms with van der Waals surface area (Å²) < 4.78 is 42.1. The van der Waals surface area contributed by atoms with Crippen molar-refractivity contribution in [3.05, 3.63) is 23.8 Å². The third-order valence-corrected chi connectivity index (χ3v) is 2.13. The third kappa shape index (κ3) is 4.14. The summed E-state index contributed by atoms with van der Waals surface area (Å²) in [6, 6.07) is 2.92. The van der Waals surface area contributed by atoms with E-state index in [4.69, 9.17) is 15.6 Å². The van der Waals surface area contributed by atoms with E-state index in [1.54, 1.807) is 6.92 Å². The van der Waals surface area contributed by atoms with Crippen LogP contribution in [-0.4, -0.2) is 17.8 Å². The summed E-state index contributed by atoms with van der Waals surface area (Å²) in [5, 5.41) is 8.99. The number of aliphatic hydroxyl groups excluding tert-OH is 1. The molecule has 1 aromatic rings. The SMILES string of the molecule is CC(O)CCOc1ccc(C(F)(F)F)cc1N. The lowest BCUT2D eigenvalue weighted by atomic mass is 10.2. The van der Waals surface area contributed by atoms with Crippen molar-refractivity contribution < 1.29 is 23.0 Å². The first kappa shape index (κ1) is 13.6.